The van der Waals surface area contributed by atoms with Gasteiger partial charge in [-0.25, -0.2) is 29.5 Å². The highest BCUT2D eigenvalue weighted by atomic mass is 35.5. The number of anilines is 1. The Morgan fingerprint density at radius 1 is 1.27 bits per heavy atom. The Hall–Kier alpha value is -3.19. The predicted octanol–water partition coefficient (Wildman–Crippen LogP) is 4.36. The summed E-state index contributed by atoms with van der Waals surface area (Å²) in [5.41, 5.74) is -2.95. The summed E-state index contributed by atoms with van der Waals surface area (Å²) in [4.78, 5) is 34.2. The molecule has 2 aromatic rings. The van der Waals surface area contributed by atoms with E-state index in [1.54, 1.807) is 5.32 Å². The molecule has 2 aromatic heterocycles. The van der Waals surface area contributed by atoms with Crippen LogP contribution in [0.15, 0.2) is 29.4 Å². The molecule has 9 nitrogen and oxygen atoms in total. The number of rotatable bonds is 3. The van der Waals surface area contributed by atoms with E-state index in [1.165, 1.54) is 6.07 Å². The molecule has 2 amide bonds. The maximum absolute atomic E-state index is 14.6. The molecule has 0 bridgehead atoms. The third-order valence-corrected chi connectivity index (χ3v) is 4.88. The number of hydrogen-bond acceptors (Lipinski definition) is 6. The second-order valence-corrected chi connectivity index (χ2v) is 7.77. The number of nitrogens with one attached hydrogen (secondary N) is 2. The standard InChI is InChI=1S/C18H13Cl2F4N5O4/c1-17(5-10(18(22,23)24)26-15(33-17)29-16(31)32)13-9(21)2-3-11(27-13)28-14(30)12-8(20)4-7(19)6-25-12/h2-4,6,10H,5H2,1H3,(H,26,29)(H,31,32)(H,27,28,30)/t10-,17-/m0/s1. The molecule has 3 heterocycles. The number of carbonyl (C=O) groups excluding carboxylic acids is 1. The fraction of sp³-hybridized carbons (Fsp3) is 0.278. The van der Waals surface area contributed by atoms with Crippen LogP contribution in [0.3, 0.4) is 0 Å². The topological polar surface area (TPSA) is 126 Å². The molecule has 0 aromatic carbocycles. The molecule has 0 aliphatic carbocycles. The lowest BCUT2D eigenvalue weighted by Gasteiger charge is -2.37. The normalized spacial score (nSPS) is 20.5. The van der Waals surface area contributed by atoms with Gasteiger partial charge < -0.3 is 15.2 Å². The highest BCUT2D eigenvalue weighted by Crippen LogP contribution is 2.40. The smallest absolute Gasteiger partial charge is 0.412 e. The molecule has 3 rings (SSSR count). The summed E-state index contributed by atoms with van der Waals surface area (Å²) in [6.07, 6.45) is -6.36. The Labute approximate surface area is 192 Å². The van der Waals surface area contributed by atoms with Crippen LogP contribution in [0.1, 0.15) is 29.5 Å². The number of halogens is 6. The van der Waals surface area contributed by atoms with Crippen LogP contribution in [0, 0.1) is 5.82 Å². The van der Waals surface area contributed by atoms with Gasteiger partial charge in [0.25, 0.3) is 11.9 Å². The quantitative estimate of drug-likeness (QED) is 0.527. The molecule has 15 heteroatoms. The summed E-state index contributed by atoms with van der Waals surface area (Å²) >= 11 is 11.7. The van der Waals surface area contributed by atoms with E-state index < -0.39 is 53.8 Å². The van der Waals surface area contributed by atoms with Crippen molar-refractivity contribution >= 4 is 47.0 Å². The number of nitrogens with zero attached hydrogens (tertiary/aromatic N) is 3. The molecule has 3 N–H and O–H groups in total. The molecule has 0 saturated heterocycles. The van der Waals surface area contributed by atoms with Gasteiger partial charge in [0.1, 0.15) is 23.0 Å². The third kappa shape index (κ3) is 5.60. The maximum Gasteiger partial charge on any atom is 0.412 e. The van der Waals surface area contributed by atoms with Gasteiger partial charge in [-0.1, -0.05) is 23.2 Å². The molecule has 0 unspecified atom stereocenters. The highest BCUT2D eigenvalue weighted by Gasteiger charge is 2.50. The van der Waals surface area contributed by atoms with Gasteiger partial charge in [-0.2, -0.15) is 13.2 Å². The van der Waals surface area contributed by atoms with Gasteiger partial charge in [-0.15, -0.1) is 0 Å². The van der Waals surface area contributed by atoms with Crippen LogP contribution in [0.2, 0.25) is 10.0 Å². The number of aromatic nitrogens is 2. The molecular weight excluding hydrogens is 497 g/mol. The van der Waals surface area contributed by atoms with Crippen molar-refractivity contribution in [2.45, 2.75) is 31.2 Å². The van der Waals surface area contributed by atoms with E-state index in [0.717, 1.165) is 25.3 Å². The average molecular weight is 510 g/mol. The first kappa shape index (κ1) is 24.5. The number of amidine groups is 1. The largest absolute Gasteiger partial charge is 0.465 e. The van der Waals surface area contributed by atoms with Crippen molar-refractivity contribution < 1.29 is 37.0 Å². The van der Waals surface area contributed by atoms with E-state index in [-0.39, 0.29) is 21.6 Å². The Kier molecular flexibility index (Phi) is 6.65. The van der Waals surface area contributed by atoms with Gasteiger partial charge in [0.05, 0.1) is 10.0 Å². The summed E-state index contributed by atoms with van der Waals surface area (Å²) < 4.78 is 60.0. The molecular formula is C18H13Cl2F4N5O4. The first-order valence-corrected chi connectivity index (χ1v) is 9.67. The Morgan fingerprint density at radius 3 is 2.58 bits per heavy atom. The van der Waals surface area contributed by atoms with Crippen LogP contribution in [0.25, 0.3) is 0 Å². The van der Waals surface area contributed by atoms with Gasteiger partial charge in [0.2, 0.25) is 0 Å². The minimum atomic E-state index is -4.88. The fourth-order valence-corrected chi connectivity index (χ4v) is 3.43. The van der Waals surface area contributed by atoms with E-state index in [2.05, 4.69) is 20.3 Å². The molecule has 0 saturated carbocycles. The molecule has 0 spiro atoms. The number of carbonyl (C=O) groups is 2. The van der Waals surface area contributed by atoms with Crippen molar-refractivity contribution in [1.82, 2.24) is 15.3 Å². The van der Waals surface area contributed by atoms with E-state index in [0.29, 0.717) is 0 Å². The number of ether oxygens (including phenoxy) is 1. The first-order valence-electron chi connectivity index (χ1n) is 8.91. The zero-order valence-corrected chi connectivity index (χ0v) is 17.9. The summed E-state index contributed by atoms with van der Waals surface area (Å²) in [6, 6.07) is -0.222. The average Bonchev–Trinajstić information content (AvgIpc) is 2.67. The van der Waals surface area contributed by atoms with E-state index in [9.17, 15) is 27.2 Å². The van der Waals surface area contributed by atoms with E-state index in [4.69, 9.17) is 33.0 Å². The molecule has 0 fully saturated rings. The van der Waals surface area contributed by atoms with Crippen molar-refractivity contribution in [1.29, 1.82) is 0 Å². The lowest BCUT2D eigenvalue weighted by Crippen LogP contribution is -2.48. The van der Waals surface area contributed by atoms with E-state index >= 15 is 0 Å². The zero-order chi connectivity index (χ0) is 24.6. The van der Waals surface area contributed by atoms with Crippen molar-refractivity contribution in [3.63, 3.8) is 0 Å². The van der Waals surface area contributed by atoms with Gasteiger partial charge in [-0.3, -0.25) is 4.79 Å². The number of alkyl halides is 3. The Morgan fingerprint density at radius 2 is 1.97 bits per heavy atom. The number of amides is 2. The van der Waals surface area contributed by atoms with Crippen LogP contribution < -0.4 is 10.6 Å². The van der Waals surface area contributed by atoms with Gasteiger partial charge >= 0.3 is 12.3 Å². The molecule has 33 heavy (non-hydrogen) atoms. The number of carboxylic acid groups (broad SMARTS) is 1. The van der Waals surface area contributed by atoms with Gasteiger partial charge in [0, 0.05) is 12.6 Å². The summed E-state index contributed by atoms with van der Waals surface area (Å²) in [7, 11) is 0. The van der Waals surface area contributed by atoms with Gasteiger partial charge in [0.15, 0.2) is 11.6 Å². The first-order chi connectivity index (χ1) is 15.3. The van der Waals surface area contributed by atoms with Crippen molar-refractivity contribution in [2.75, 3.05) is 5.32 Å². The number of aliphatic imine (C=N–C) groups is 1. The highest BCUT2D eigenvalue weighted by molar-refractivity contribution is 6.36. The summed E-state index contributed by atoms with van der Waals surface area (Å²) in [5, 5.41) is 12.8. The molecule has 1 aliphatic heterocycles. The van der Waals surface area contributed by atoms with E-state index in [1.807, 2.05) is 0 Å². The van der Waals surface area contributed by atoms with Crippen molar-refractivity contribution in [3.8, 4) is 0 Å². The zero-order valence-electron chi connectivity index (χ0n) is 16.4. The number of pyridine rings is 2. The summed E-state index contributed by atoms with van der Waals surface area (Å²) in [5.74, 6) is -2.16. The predicted molar refractivity (Wildman–Crippen MR) is 108 cm³/mol. The molecule has 176 valence electrons. The minimum absolute atomic E-state index is 0.0847. The molecule has 2 atom stereocenters. The second kappa shape index (κ2) is 8.98. The summed E-state index contributed by atoms with van der Waals surface area (Å²) in [6.45, 7) is 1.08. The second-order valence-electron chi connectivity index (χ2n) is 6.92. The lowest BCUT2D eigenvalue weighted by molar-refractivity contribution is -0.164. The van der Waals surface area contributed by atoms with Crippen molar-refractivity contribution in [2.24, 2.45) is 4.99 Å². The molecule has 1 aliphatic rings. The fourth-order valence-electron chi connectivity index (χ4n) is 2.96. The maximum atomic E-state index is 14.6. The van der Waals surface area contributed by atoms with Crippen LogP contribution in [0.5, 0.6) is 0 Å². The van der Waals surface area contributed by atoms with Crippen LogP contribution in [0.4, 0.5) is 28.2 Å². The van der Waals surface area contributed by atoms with Crippen LogP contribution in [-0.4, -0.2) is 45.3 Å². The lowest BCUT2D eigenvalue weighted by atomic mass is 9.91. The minimum Gasteiger partial charge on any atom is -0.465 e. The molecule has 0 radical (unpaired) electrons. The monoisotopic (exact) mass is 509 g/mol. The number of hydrogen-bond donors (Lipinski definition) is 3. The van der Waals surface area contributed by atoms with Crippen molar-refractivity contribution in [3.05, 3.63) is 51.6 Å². The van der Waals surface area contributed by atoms with Crippen LogP contribution >= 0.6 is 23.2 Å². The Bertz CT molecular complexity index is 1150. The van der Waals surface area contributed by atoms with Crippen LogP contribution in [-0.2, 0) is 10.3 Å². The SMILES string of the molecule is C[C@@]1(c2nc(NC(=O)c3ncc(Cl)cc3Cl)ccc2F)C[C@@H](C(F)(F)F)N=C(NC(=O)O)O1. The van der Waals surface area contributed by atoms with Gasteiger partial charge in [-0.05, 0) is 25.1 Å². The third-order valence-electron chi connectivity index (χ3n) is 4.38. The Balaban J connectivity index is 1.95.